The molecule has 2 heterocycles. The highest BCUT2D eigenvalue weighted by Gasteiger charge is 2.11. The van der Waals surface area contributed by atoms with E-state index in [2.05, 4.69) is 20.4 Å². The maximum Gasteiger partial charge on any atom is 0.258 e. The second-order valence-corrected chi connectivity index (χ2v) is 4.95. The Labute approximate surface area is 140 Å². The Balaban J connectivity index is 1.53. The van der Waals surface area contributed by atoms with Crippen LogP contribution < -0.4 is 15.6 Å². The van der Waals surface area contributed by atoms with E-state index in [1.54, 1.807) is 12.1 Å². The molecule has 25 heavy (non-hydrogen) atoms. The summed E-state index contributed by atoms with van der Waals surface area (Å²) in [6.07, 6.45) is 1.47. The number of H-pyrrole nitrogens is 1. The minimum atomic E-state index is -0.547. The fraction of sp³-hybridized carbons (Fsp3) is 0.125. The van der Waals surface area contributed by atoms with E-state index in [9.17, 15) is 14.0 Å². The summed E-state index contributed by atoms with van der Waals surface area (Å²) < 4.78 is 23.5. The van der Waals surface area contributed by atoms with Crippen LogP contribution in [-0.2, 0) is 11.3 Å². The number of nitrogens with one attached hydrogen (secondary N) is 2. The van der Waals surface area contributed by atoms with Crippen LogP contribution in [0, 0.1) is 5.82 Å². The second-order valence-electron chi connectivity index (χ2n) is 4.95. The zero-order chi connectivity index (χ0) is 17.6. The molecule has 0 aliphatic heterocycles. The van der Waals surface area contributed by atoms with Crippen molar-refractivity contribution < 1.29 is 18.4 Å². The third-order valence-corrected chi connectivity index (χ3v) is 3.13. The lowest BCUT2D eigenvalue weighted by atomic mass is 10.2. The minimum absolute atomic E-state index is 0.00738. The number of benzene rings is 1. The lowest BCUT2D eigenvalue weighted by Gasteiger charge is -2.06. The summed E-state index contributed by atoms with van der Waals surface area (Å²) in [4.78, 5) is 29.5. The fourth-order valence-electron chi connectivity index (χ4n) is 1.96. The number of aromatic nitrogens is 3. The largest absolute Gasteiger partial charge is 0.481 e. The Morgan fingerprint density at radius 2 is 2.16 bits per heavy atom. The number of pyridine rings is 1. The first-order valence-electron chi connectivity index (χ1n) is 7.27. The molecule has 8 nitrogen and oxygen atoms in total. The maximum absolute atomic E-state index is 13.4. The monoisotopic (exact) mass is 344 g/mol. The summed E-state index contributed by atoms with van der Waals surface area (Å²) in [5.74, 6) is -0.631. The summed E-state index contributed by atoms with van der Waals surface area (Å²) in [6, 6.07) is 8.74. The minimum Gasteiger partial charge on any atom is -0.481 e. The van der Waals surface area contributed by atoms with Crippen LogP contribution >= 0.6 is 0 Å². The van der Waals surface area contributed by atoms with E-state index in [1.165, 1.54) is 30.5 Å². The van der Waals surface area contributed by atoms with Gasteiger partial charge in [-0.3, -0.25) is 9.59 Å². The maximum atomic E-state index is 13.4. The lowest BCUT2D eigenvalue weighted by molar-refractivity contribution is -0.123. The van der Waals surface area contributed by atoms with Crippen LogP contribution in [-0.4, -0.2) is 27.6 Å². The quantitative estimate of drug-likeness (QED) is 0.696. The molecule has 0 fully saturated rings. The number of rotatable bonds is 6. The van der Waals surface area contributed by atoms with Gasteiger partial charge in [0.25, 0.3) is 5.91 Å². The molecular weight excluding hydrogens is 331 g/mol. The first-order valence-corrected chi connectivity index (χ1v) is 7.27. The van der Waals surface area contributed by atoms with Crippen molar-refractivity contribution >= 4 is 5.91 Å². The van der Waals surface area contributed by atoms with E-state index in [1.807, 2.05) is 0 Å². The molecule has 0 aliphatic carbocycles. The molecule has 2 aromatic heterocycles. The predicted octanol–water partition coefficient (Wildman–Crippen LogP) is 1.26. The van der Waals surface area contributed by atoms with E-state index in [-0.39, 0.29) is 36.2 Å². The number of carbonyl (C=O) groups is 1. The standard InChI is InChI=1S/C16H13FN4O4/c17-11-3-1-2-4-12(11)24-9-14(23)19-8-15-20-16(21-25-15)10-5-6-18-13(22)7-10/h1-7H,8-9H2,(H,18,22)(H,19,23). The Morgan fingerprint density at radius 1 is 1.32 bits per heavy atom. The van der Waals surface area contributed by atoms with Gasteiger partial charge < -0.3 is 19.6 Å². The van der Waals surface area contributed by atoms with Gasteiger partial charge >= 0.3 is 0 Å². The van der Waals surface area contributed by atoms with Crippen LogP contribution in [0.15, 0.2) is 51.9 Å². The summed E-state index contributed by atoms with van der Waals surface area (Å²) in [5.41, 5.74) is 0.204. The highest BCUT2D eigenvalue weighted by molar-refractivity contribution is 5.77. The van der Waals surface area contributed by atoms with Gasteiger partial charge in [-0.25, -0.2) is 4.39 Å². The Hall–Kier alpha value is -3.49. The second kappa shape index (κ2) is 7.39. The molecule has 1 amide bonds. The number of halogens is 1. The predicted molar refractivity (Wildman–Crippen MR) is 84.1 cm³/mol. The van der Waals surface area contributed by atoms with Crippen molar-refractivity contribution in [2.75, 3.05) is 6.61 Å². The van der Waals surface area contributed by atoms with Gasteiger partial charge in [-0.05, 0) is 18.2 Å². The van der Waals surface area contributed by atoms with Gasteiger partial charge in [0.05, 0.1) is 6.54 Å². The van der Waals surface area contributed by atoms with Crippen molar-refractivity contribution in [1.29, 1.82) is 0 Å². The van der Waals surface area contributed by atoms with Crippen molar-refractivity contribution in [1.82, 2.24) is 20.4 Å². The summed E-state index contributed by atoms with van der Waals surface area (Å²) >= 11 is 0. The number of para-hydroxylation sites is 1. The molecule has 0 saturated carbocycles. The zero-order valence-corrected chi connectivity index (χ0v) is 12.9. The molecule has 0 atom stereocenters. The number of nitrogens with zero attached hydrogens (tertiary/aromatic N) is 2. The Morgan fingerprint density at radius 3 is 2.96 bits per heavy atom. The van der Waals surface area contributed by atoms with Crippen LogP contribution in [0.3, 0.4) is 0 Å². The van der Waals surface area contributed by atoms with Gasteiger partial charge in [0.1, 0.15) is 0 Å². The van der Waals surface area contributed by atoms with Gasteiger partial charge in [0, 0.05) is 17.8 Å². The molecule has 9 heteroatoms. The molecule has 3 aromatic rings. The normalized spacial score (nSPS) is 10.4. The Bertz CT molecular complexity index is 937. The number of hydrogen-bond acceptors (Lipinski definition) is 6. The average Bonchev–Trinajstić information content (AvgIpc) is 3.08. The zero-order valence-electron chi connectivity index (χ0n) is 12.9. The van der Waals surface area contributed by atoms with Crippen LogP contribution in [0.5, 0.6) is 5.75 Å². The highest BCUT2D eigenvalue weighted by atomic mass is 19.1. The topological polar surface area (TPSA) is 110 Å². The molecular formula is C16H13FN4O4. The molecule has 128 valence electrons. The molecule has 0 unspecified atom stereocenters. The molecule has 0 aliphatic rings. The first kappa shape index (κ1) is 16.4. The van der Waals surface area contributed by atoms with Gasteiger partial charge in [-0.1, -0.05) is 17.3 Å². The van der Waals surface area contributed by atoms with E-state index in [0.717, 1.165) is 0 Å². The SMILES string of the molecule is O=C(COc1ccccc1F)NCc1nc(-c2cc[nH]c(=O)c2)no1. The van der Waals surface area contributed by atoms with Crippen molar-refractivity contribution in [3.05, 3.63) is 64.7 Å². The first-order chi connectivity index (χ1) is 12.1. The smallest absolute Gasteiger partial charge is 0.258 e. The molecule has 0 bridgehead atoms. The molecule has 0 spiro atoms. The molecule has 0 saturated heterocycles. The summed E-state index contributed by atoms with van der Waals surface area (Å²) in [5, 5.41) is 6.25. The molecule has 0 radical (unpaired) electrons. The lowest BCUT2D eigenvalue weighted by Crippen LogP contribution is -2.28. The number of ether oxygens (including phenoxy) is 1. The van der Waals surface area contributed by atoms with E-state index in [0.29, 0.717) is 5.56 Å². The third-order valence-electron chi connectivity index (χ3n) is 3.13. The van der Waals surface area contributed by atoms with Gasteiger partial charge in [-0.15, -0.1) is 0 Å². The summed E-state index contributed by atoms with van der Waals surface area (Å²) in [6.45, 7) is -0.369. The average molecular weight is 344 g/mol. The van der Waals surface area contributed by atoms with Crippen molar-refractivity contribution in [2.45, 2.75) is 6.54 Å². The number of amides is 1. The van der Waals surface area contributed by atoms with E-state index >= 15 is 0 Å². The Kier molecular flexibility index (Phi) is 4.84. The number of carbonyl (C=O) groups excluding carboxylic acids is 1. The van der Waals surface area contributed by atoms with Crippen molar-refractivity contribution in [2.24, 2.45) is 0 Å². The molecule has 1 aromatic carbocycles. The fourth-order valence-corrected chi connectivity index (χ4v) is 1.96. The van der Waals surface area contributed by atoms with Crippen LogP contribution in [0.4, 0.5) is 4.39 Å². The molecule has 2 N–H and O–H groups in total. The summed E-state index contributed by atoms with van der Waals surface area (Å²) in [7, 11) is 0. The number of hydrogen-bond donors (Lipinski definition) is 2. The van der Waals surface area contributed by atoms with Crippen LogP contribution in [0.2, 0.25) is 0 Å². The van der Waals surface area contributed by atoms with E-state index < -0.39 is 11.7 Å². The van der Waals surface area contributed by atoms with Crippen LogP contribution in [0.25, 0.3) is 11.4 Å². The van der Waals surface area contributed by atoms with E-state index in [4.69, 9.17) is 9.26 Å². The van der Waals surface area contributed by atoms with Crippen LogP contribution in [0.1, 0.15) is 5.89 Å². The third kappa shape index (κ3) is 4.28. The van der Waals surface area contributed by atoms with Crippen molar-refractivity contribution in [3.8, 4) is 17.1 Å². The number of aromatic amines is 1. The highest BCUT2D eigenvalue weighted by Crippen LogP contribution is 2.15. The molecule has 3 rings (SSSR count). The van der Waals surface area contributed by atoms with Gasteiger partial charge in [0.15, 0.2) is 18.2 Å². The van der Waals surface area contributed by atoms with Gasteiger partial charge in [-0.2, -0.15) is 4.98 Å². The van der Waals surface area contributed by atoms with Gasteiger partial charge in [0.2, 0.25) is 17.3 Å². The van der Waals surface area contributed by atoms with Crippen molar-refractivity contribution in [3.63, 3.8) is 0 Å².